The minimum atomic E-state index is -2.11. The summed E-state index contributed by atoms with van der Waals surface area (Å²) in [4.78, 5) is 28.3. The molecule has 11 heteroatoms. The zero-order chi connectivity index (χ0) is 52.7. The fraction of sp³-hybridized carbons (Fsp3) is 0.918. The molecule has 10 unspecified atom stereocenters. The van der Waals surface area contributed by atoms with Gasteiger partial charge in [0.15, 0.2) is 27.2 Å². The number of carbonyl (C=O) groups excluding carboxylic acids is 2. The first-order chi connectivity index (χ1) is 33.8. The van der Waals surface area contributed by atoms with E-state index in [2.05, 4.69) is 117 Å². The number of methoxy groups -OCH3 is 1. The Morgan fingerprint density at radius 1 is 0.750 bits per heavy atom. The van der Waals surface area contributed by atoms with Gasteiger partial charge in [0.05, 0.1) is 54.6 Å². The van der Waals surface area contributed by atoms with Gasteiger partial charge in [-0.3, -0.25) is 4.79 Å². The molecular formula is C61H103O10Si. The van der Waals surface area contributed by atoms with E-state index < -0.39 is 56.3 Å². The Balaban J connectivity index is 1.12. The molecule has 0 amide bonds. The summed E-state index contributed by atoms with van der Waals surface area (Å²) in [5.74, 6) is 2.24. The molecule has 0 aromatic rings. The van der Waals surface area contributed by atoms with Crippen molar-refractivity contribution >= 4 is 20.4 Å². The van der Waals surface area contributed by atoms with Crippen LogP contribution in [0.2, 0.25) is 18.1 Å². The van der Waals surface area contributed by atoms with Crippen LogP contribution in [0, 0.1) is 92.4 Å². The number of aldehydes is 1. The highest BCUT2D eigenvalue weighted by atomic mass is 28.4. The van der Waals surface area contributed by atoms with Crippen molar-refractivity contribution in [1.29, 1.82) is 0 Å². The molecule has 8 aliphatic rings. The van der Waals surface area contributed by atoms with Gasteiger partial charge in [-0.15, -0.1) is 0 Å². The Bertz CT molecular complexity index is 1950. The van der Waals surface area contributed by atoms with E-state index in [4.69, 9.17) is 37.6 Å². The third-order valence-electron chi connectivity index (χ3n) is 23.8. The second-order valence-electron chi connectivity index (χ2n) is 27.5. The third kappa shape index (κ3) is 9.12. The van der Waals surface area contributed by atoms with E-state index in [0.717, 1.165) is 75.9 Å². The molecule has 72 heavy (non-hydrogen) atoms. The Kier molecular flexibility index (Phi) is 16.7. The minimum absolute atomic E-state index is 0.00147. The highest BCUT2D eigenvalue weighted by molar-refractivity contribution is 6.73. The maximum Gasteiger partial charge on any atom is 0.192 e. The third-order valence-corrected chi connectivity index (χ3v) is 28.5. The summed E-state index contributed by atoms with van der Waals surface area (Å²) in [5, 5.41) is 0. The lowest BCUT2D eigenvalue weighted by molar-refractivity contribution is -0.362. The van der Waals surface area contributed by atoms with Crippen molar-refractivity contribution in [3.05, 3.63) is 18.3 Å². The lowest BCUT2D eigenvalue weighted by atomic mass is 9.33. The van der Waals surface area contributed by atoms with Crippen LogP contribution < -0.4 is 0 Å². The number of Topliss-reactive ketones (excluding diaryl/α,β-unsaturated/α-hetero) is 1. The molecule has 7 fully saturated rings. The van der Waals surface area contributed by atoms with Crippen LogP contribution in [0.1, 0.15) is 182 Å². The van der Waals surface area contributed by atoms with Crippen molar-refractivity contribution < 1.29 is 47.2 Å². The molecule has 1 radical (unpaired) electrons. The summed E-state index contributed by atoms with van der Waals surface area (Å²) in [7, 11) is -0.259. The van der Waals surface area contributed by atoms with Crippen LogP contribution in [-0.4, -0.2) is 89.6 Å². The van der Waals surface area contributed by atoms with Gasteiger partial charge in [0.25, 0.3) is 0 Å². The van der Waals surface area contributed by atoms with Crippen molar-refractivity contribution in [1.82, 2.24) is 0 Å². The second-order valence-corrected chi connectivity index (χ2v) is 32.2. The van der Waals surface area contributed by atoms with Crippen molar-refractivity contribution in [2.24, 2.45) is 85.8 Å². The smallest absolute Gasteiger partial charge is 0.192 e. The van der Waals surface area contributed by atoms with Crippen molar-refractivity contribution in [3.8, 4) is 0 Å². The maximum absolute atomic E-state index is 14.2. The molecule has 10 nitrogen and oxygen atoms in total. The molecule has 3 heterocycles. The van der Waals surface area contributed by atoms with Crippen molar-refractivity contribution in [2.75, 3.05) is 13.7 Å². The summed E-state index contributed by atoms with van der Waals surface area (Å²) >= 11 is 0. The lowest BCUT2D eigenvalue weighted by Crippen LogP contribution is -2.68. The number of rotatable bonds is 15. The predicted octanol–water partition coefficient (Wildman–Crippen LogP) is 13.6. The fourth-order valence-electron chi connectivity index (χ4n) is 17.8. The summed E-state index contributed by atoms with van der Waals surface area (Å²) in [6, 6.07) is 3.09. The van der Waals surface area contributed by atoms with Crippen LogP contribution in [0.25, 0.3) is 0 Å². The van der Waals surface area contributed by atoms with E-state index in [1.165, 1.54) is 11.9 Å². The molecular weight excluding hydrogens is 921 g/mol. The minimum Gasteiger partial charge on any atom is -0.408 e. The van der Waals surface area contributed by atoms with Crippen molar-refractivity contribution in [3.63, 3.8) is 0 Å². The molecule has 411 valence electrons. The standard InChI is InChI=1S/C61H103O10Si/c1-19-45-39(8)40(9)51(71-72(20-2,21-3)22-4)55(67-45)70-52-50(69-53-41(10)38(7)36(5)33-65-53)37(6)34-66-54(52)68-48-26-27-57(14)46(58(48,15)35-62)25-28-59(16)47(57)24-23-43-44-31-56(12,13)29-30-61(44,42(11)63)49(64-18)32-60(43,59)17/h23,34-41,44-55H,19-22,24-33H2,1-18H3/t36-,37-,38-,39+,40-,41?,44?,45?,46+,47?,48-,49+,50-,51?,52?,53-,54-,55-,57?,58?,59?,60?,61+/m0/s1. The van der Waals surface area contributed by atoms with Gasteiger partial charge in [0, 0.05) is 18.9 Å². The van der Waals surface area contributed by atoms with E-state index >= 15 is 0 Å². The molecule has 0 N–H and O–H groups in total. The molecule has 23 atom stereocenters. The fourth-order valence-corrected chi connectivity index (χ4v) is 20.7. The van der Waals surface area contributed by atoms with Gasteiger partial charge in [-0.1, -0.05) is 122 Å². The first-order valence-electron chi connectivity index (χ1n) is 29.4. The molecule has 0 aromatic carbocycles. The van der Waals surface area contributed by atoms with Crippen LogP contribution in [0.4, 0.5) is 0 Å². The zero-order valence-corrected chi connectivity index (χ0v) is 49.6. The van der Waals surface area contributed by atoms with E-state index in [9.17, 15) is 9.59 Å². The Labute approximate surface area is 439 Å². The summed E-state index contributed by atoms with van der Waals surface area (Å²) in [6.07, 6.45) is 9.10. The molecule has 0 bridgehead atoms. The Hall–Kier alpha value is -1.02. The largest absolute Gasteiger partial charge is 0.408 e. The van der Waals surface area contributed by atoms with E-state index in [1.54, 1.807) is 0 Å². The number of allylic oxidation sites excluding steroid dienone is 2. The van der Waals surface area contributed by atoms with Gasteiger partial charge >= 0.3 is 0 Å². The average Bonchev–Trinajstić information content (AvgIpc) is 3.34. The SMILES string of the molecule is CCC1O[C@@H](OC2[C@H](O[C@H]3CCC4(C)C5CC=C6C7CC(C)(C)CC[C@]7(C(C)=O)[C@H](OC)CC6(C)C5(C)CC[C@H]4C3(C)C=O)O[CH][C@H](C)[C@@H]2O[C@@H]2OC[C@H](C)[C@H](C)C2C)C(O[Si](CC)(CC)CC)[C@@H](C)[C@H]1C. The molecule has 0 aromatic heterocycles. The predicted molar refractivity (Wildman–Crippen MR) is 286 cm³/mol. The van der Waals surface area contributed by atoms with Crippen LogP contribution in [0.15, 0.2) is 11.6 Å². The van der Waals surface area contributed by atoms with E-state index in [1.807, 2.05) is 20.6 Å². The van der Waals surface area contributed by atoms with Gasteiger partial charge in [-0.05, 0) is 152 Å². The highest BCUT2D eigenvalue weighted by Gasteiger charge is 2.72. The molecule has 4 saturated carbocycles. The quantitative estimate of drug-likeness (QED) is 0.0681. The number of carbonyl (C=O) groups is 2. The van der Waals surface area contributed by atoms with E-state index in [-0.39, 0.29) is 75.5 Å². The first-order valence-corrected chi connectivity index (χ1v) is 32.0. The van der Waals surface area contributed by atoms with Gasteiger partial charge in [0.1, 0.15) is 18.2 Å². The highest BCUT2D eigenvalue weighted by Crippen LogP contribution is 2.76. The monoisotopic (exact) mass is 1020 g/mol. The molecule has 3 aliphatic heterocycles. The normalized spacial score (nSPS) is 50.4. The average molecular weight is 1020 g/mol. The molecule has 0 spiro atoms. The molecule has 8 rings (SSSR count). The number of fused-ring (bicyclic) bond motifs is 7. The van der Waals surface area contributed by atoms with Crippen LogP contribution in [0.5, 0.6) is 0 Å². The molecule has 5 aliphatic carbocycles. The molecule has 3 saturated heterocycles. The maximum atomic E-state index is 14.2. The second kappa shape index (κ2) is 21.0. The Morgan fingerprint density at radius 2 is 1.43 bits per heavy atom. The number of hydrogen-bond donors (Lipinski definition) is 0. The van der Waals surface area contributed by atoms with Gasteiger partial charge < -0.3 is 42.4 Å². The van der Waals surface area contributed by atoms with Crippen molar-refractivity contribution in [2.45, 2.75) is 256 Å². The number of ether oxygens (including phenoxy) is 7. The van der Waals surface area contributed by atoms with Crippen LogP contribution >= 0.6 is 0 Å². The lowest BCUT2D eigenvalue weighted by Gasteiger charge is -2.72. The number of ketones is 1. The van der Waals surface area contributed by atoms with Gasteiger partial charge in [0.2, 0.25) is 0 Å². The number of hydrogen-bond acceptors (Lipinski definition) is 10. The zero-order valence-electron chi connectivity index (χ0n) is 48.6. The van der Waals surface area contributed by atoms with Gasteiger partial charge in [-0.25, -0.2) is 0 Å². The Morgan fingerprint density at radius 3 is 2.06 bits per heavy atom. The topological polar surface area (TPSA) is 108 Å². The van der Waals surface area contributed by atoms with E-state index in [0.29, 0.717) is 36.6 Å². The summed E-state index contributed by atoms with van der Waals surface area (Å²) in [5.41, 5.74) is 0.0671. The first kappa shape index (κ1) is 57.2. The van der Waals surface area contributed by atoms with Crippen LogP contribution in [0.3, 0.4) is 0 Å². The van der Waals surface area contributed by atoms with Gasteiger partial charge in [-0.2, -0.15) is 0 Å². The summed E-state index contributed by atoms with van der Waals surface area (Å²) in [6.45, 7) is 41.5. The summed E-state index contributed by atoms with van der Waals surface area (Å²) < 4.78 is 56.5. The van der Waals surface area contributed by atoms with Crippen LogP contribution in [-0.2, 0) is 47.2 Å².